The number of fused-ring (bicyclic) bond motifs is 1. The Balaban J connectivity index is 2.36. The van der Waals surface area contributed by atoms with Crippen LogP contribution in [-0.4, -0.2) is 12.1 Å². The van der Waals surface area contributed by atoms with Crippen LogP contribution in [0.1, 0.15) is 11.1 Å². The topological polar surface area (TPSA) is 42.1 Å². The number of benzene rings is 2. The first kappa shape index (κ1) is 16.1. The Morgan fingerprint density at radius 1 is 1.04 bits per heavy atom. The monoisotopic (exact) mass is 333 g/mol. The first-order valence-corrected chi connectivity index (χ1v) is 7.19. The SMILES string of the molecule is COc1ccc(-c2cc(C(F)(F)F)cc3c(C)cc(=O)[nH]c23)cc1. The van der Waals surface area contributed by atoms with Crippen LogP contribution in [0.15, 0.2) is 47.3 Å². The predicted molar refractivity (Wildman–Crippen MR) is 86.3 cm³/mol. The summed E-state index contributed by atoms with van der Waals surface area (Å²) >= 11 is 0. The number of aromatic nitrogens is 1. The molecule has 0 aliphatic carbocycles. The van der Waals surface area contributed by atoms with Gasteiger partial charge >= 0.3 is 6.18 Å². The number of pyridine rings is 1. The van der Waals surface area contributed by atoms with Gasteiger partial charge in [0.1, 0.15) is 5.75 Å². The van der Waals surface area contributed by atoms with Gasteiger partial charge < -0.3 is 9.72 Å². The summed E-state index contributed by atoms with van der Waals surface area (Å²) in [6.45, 7) is 1.62. The third-order valence-corrected chi connectivity index (χ3v) is 3.89. The smallest absolute Gasteiger partial charge is 0.416 e. The van der Waals surface area contributed by atoms with Crippen LogP contribution >= 0.6 is 0 Å². The van der Waals surface area contributed by atoms with Crippen LogP contribution in [0.4, 0.5) is 13.2 Å². The average Bonchev–Trinajstić information content (AvgIpc) is 2.53. The molecule has 0 radical (unpaired) electrons. The molecule has 0 saturated carbocycles. The predicted octanol–water partition coefficient (Wildman–Crippen LogP) is 4.53. The van der Waals surface area contributed by atoms with Crippen molar-refractivity contribution in [3.05, 3.63) is 63.9 Å². The summed E-state index contributed by atoms with van der Waals surface area (Å²) in [6, 6.07) is 10.1. The van der Waals surface area contributed by atoms with E-state index in [4.69, 9.17) is 4.74 Å². The van der Waals surface area contributed by atoms with Gasteiger partial charge in [0.05, 0.1) is 18.2 Å². The number of rotatable bonds is 2. The van der Waals surface area contributed by atoms with Gasteiger partial charge in [0.25, 0.3) is 0 Å². The van der Waals surface area contributed by atoms with E-state index in [1.807, 2.05) is 0 Å². The number of aryl methyl sites for hydroxylation is 1. The van der Waals surface area contributed by atoms with Crippen molar-refractivity contribution in [2.45, 2.75) is 13.1 Å². The molecular formula is C18H14F3NO2. The van der Waals surface area contributed by atoms with E-state index in [9.17, 15) is 18.0 Å². The highest BCUT2D eigenvalue weighted by Crippen LogP contribution is 2.37. The van der Waals surface area contributed by atoms with Gasteiger partial charge in [0.2, 0.25) is 5.56 Å². The molecule has 0 unspecified atom stereocenters. The minimum atomic E-state index is -4.47. The zero-order chi connectivity index (χ0) is 17.5. The lowest BCUT2D eigenvalue weighted by molar-refractivity contribution is -0.137. The highest BCUT2D eigenvalue weighted by molar-refractivity contribution is 5.96. The quantitative estimate of drug-likeness (QED) is 0.748. The normalized spacial score (nSPS) is 11.7. The van der Waals surface area contributed by atoms with Crippen molar-refractivity contribution in [2.24, 2.45) is 0 Å². The number of nitrogens with one attached hydrogen (secondary N) is 1. The van der Waals surface area contributed by atoms with E-state index in [2.05, 4.69) is 4.98 Å². The molecule has 2 aromatic carbocycles. The van der Waals surface area contributed by atoms with E-state index in [1.54, 1.807) is 31.2 Å². The van der Waals surface area contributed by atoms with Gasteiger partial charge in [0, 0.05) is 17.0 Å². The number of alkyl halides is 3. The number of methoxy groups -OCH3 is 1. The Labute approximate surface area is 135 Å². The van der Waals surface area contributed by atoms with Gasteiger partial charge in [0.15, 0.2) is 0 Å². The van der Waals surface area contributed by atoms with Gasteiger partial charge in [-0.1, -0.05) is 12.1 Å². The van der Waals surface area contributed by atoms with Crippen molar-refractivity contribution in [1.29, 1.82) is 0 Å². The van der Waals surface area contributed by atoms with Crippen molar-refractivity contribution >= 4 is 10.9 Å². The van der Waals surface area contributed by atoms with Crippen LogP contribution < -0.4 is 10.3 Å². The first-order valence-electron chi connectivity index (χ1n) is 7.19. The number of halogens is 3. The van der Waals surface area contributed by atoms with E-state index >= 15 is 0 Å². The van der Waals surface area contributed by atoms with Crippen LogP contribution in [-0.2, 0) is 6.18 Å². The molecule has 1 N–H and O–H groups in total. The van der Waals surface area contributed by atoms with Crippen LogP contribution in [0, 0.1) is 6.92 Å². The summed E-state index contributed by atoms with van der Waals surface area (Å²) < 4.78 is 44.8. The molecule has 24 heavy (non-hydrogen) atoms. The lowest BCUT2D eigenvalue weighted by Crippen LogP contribution is -2.09. The van der Waals surface area contributed by atoms with E-state index < -0.39 is 11.7 Å². The highest BCUT2D eigenvalue weighted by atomic mass is 19.4. The van der Waals surface area contributed by atoms with Crippen LogP contribution in [0.2, 0.25) is 0 Å². The largest absolute Gasteiger partial charge is 0.497 e. The molecule has 0 amide bonds. The molecule has 3 aromatic rings. The Kier molecular flexibility index (Phi) is 3.83. The number of ether oxygens (including phenoxy) is 1. The third-order valence-electron chi connectivity index (χ3n) is 3.89. The molecule has 0 bridgehead atoms. The Bertz CT molecular complexity index is 957. The van der Waals surface area contributed by atoms with Crippen LogP contribution in [0.5, 0.6) is 5.75 Å². The van der Waals surface area contributed by atoms with Crippen molar-refractivity contribution in [1.82, 2.24) is 4.98 Å². The van der Waals surface area contributed by atoms with Crippen LogP contribution in [0.25, 0.3) is 22.0 Å². The molecule has 0 saturated heterocycles. The van der Waals surface area contributed by atoms with Gasteiger partial charge in [-0.25, -0.2) is 0 Å². The minimum Gasteiger partial charge on any atom is -0.497 e. The molecule has 3 rings (SSSR count). The third kappa shape index (κ3) is 2.87. The van der Waals surface area contributed by atoms with Gasteiger partial charge in [-0.3, -0.25) is 4.79 Å². The zero-order valence-electron chi connectivity index (χ0n) is 13.0. The second-order valence-electron chi connectivity index (χ2n) is 5.49. The fraction of sp³-hybridized carbons (Fsp3) is 0.167. The maximum absolute atomic E-state index is 13.2. The summed E-state index contributed by atoms with van der Waals surface area (Å²) in [5, 5.41) is 0.371. The Hall–Kier alpha value is -2.76. The van der Waals surface area contributed by atoms with Gasteiger partial charge in [-0.05, 0) is 42.3 Å². The first-order chi connectivity index (χ1) is 11.3. The molecule has 1 heterocycles. The molecule has 124 valence electrons. The molecule has 3 nitrogen and oxygen atoms in total. The van der Waals surface area contributed by atoms with E-state index in [-0.39, 0.29) is 5.56 Å². The van der Waals surface area contributed by atoms with Gasteiger partial charge in [-0.2, -0.15) is 13.2 Å². The molecule has 0 fully saturated rings. The summed E-state index contributed by atoms with van der Waals surface area (Å²) in [6.07, 6.45) is -4.47. The number of hydrogen-bond donors (Lipinski definition) is 1. The fourth-order valence-corrected chi connectivity index (χ4v) is 2.68. The fourth-order valence-electron chi connectivity index (χ4n) is 2.68. The molecule has 0 aliphatic heterocycles. The standard InChI is InChI=1S/C18H14F3NO2/c1-10-7-16(23)22-17-14(10)8-12(18(19,20)21)9-15(17)11-3-5-13(24-2)6-4-11/h3-9H,1-2H3,(H,22,23). The molecule has 6 heteroatoms. The summed E-state index contributed by atoms with van der Waals surface area (Å²) in [5.41, 5.74) is 0.662. The lowest BCUT2D eigenvalue weighted by Gasteiger charge is -2.14. The lowest BCUT2D eigenvalue weighted by atomic mass is 9.96. The molecular weight excluding hydrogens is 319 g/mol. The maximum atomic E-state index is 13.2. The summed E-state index contributed by atoms with van der Waals surface area (Å²) in [4.78, 5) is 14.4. The van der Waals surface area contributed by atoms with Crippen molar-refractivity contribution in [3.63, 3.8) is 0 Å². The van der Waals surface area contributed by atoms with E-state index in [1.165, 1.54) is 13.2 Å². The maximum Gasteiger partial charge on any atom is 0.416 e. The minimum absolute atomic E-state index is 0.322. The van der Waals surface area contributed by atoms with E-state index in [0.717, 1.165) is 12.1 Å². The second kappa shape index (κ2) is 5.70. The average molecular weight is 333 g/mol. The van der Waals surface area contributed by atoms with Crippen molar-refractivity contribution in [2.75, 3.05) is 7.11 Å². The number of H-pyrrole nitrogens is 1. The van der Waals surface area contributed by atoms with Crippen molar-refractivity contribution < 1.29 is 17.9 Å². The molecule has 1 aromatic heterocycles. The Morgan fingerprint density at radius 3 is 2.29 bits per heavy atom. The number of aromatic amines is 1. The zero-order valence-corrected chi connectivity index (χ0v) is 13.0. The summed E-state index contributed by atoms with van der Waals surface area (Å²) in [7, 11) is 1.51. The number of hydrogen-bond acceptors (Lipinski definition) is 2. The second-order valence-corrected chi connectivity index (χ2v) is 5.49. The highest BCUT2D eigenvalue weighted by Gasteiger charge is 2.31. The Morgan fingerprint density at radius 2 is 1.71 bits per heavy atom. The van der Waals surface area contributed by atoms with Crippen molar-refractivity contribution in [3.8, 4) is 16.9 Å². The molecule has 0 aliphatic rings. The van der Waals surface area contributed by atoms with Crippen LogP contribution in [0.3, 0.4) is 0 Å². The summed E-state index contributed by atoms with van der Waals surface area (Å²) in [5.74, 6) is 0.597. The van der Waals surface area contributed by atoms with E-state index in [0.29, 0.717) is 33.3 Å². The molecule has 0 spiro atoms. The van der Waals surface area contributed by atoms with Gasteiger partial charge in [-0.15, -0.1) is 0 Å². The molecule has 0 atom stereocenters.